The third-order valence-electron chi connectivity index (χ3n) is 14.8. The highest BCUT2D eigenvalue weighted by molar-refractivity contribution is 7.45. The van der Waals surface area contributed by atoms with E-state index in [9.17, 15) is 19.4 Å². The second-order valence-electron chi connectivity index (χ2n) is 24.2. The summed E-state index contributed by atoms with van der Waals surface area (Å²) in [5.41, 5.74) is 0. The number of likely N-dealkylation sites (N-methyl/N-ethyl adjacent to an activating group) is 1. The van der Waals surface area contributed by atoms with Gasteiger partial charge in [-0.2, -0.15) is 0 Å². The molecule has 0 fully saturated rings. The van der Waals surface area contributed by atoms with Gasteiger partial charge in [0.05, 0.1) is 39.9 Å². The molecular weight excluding hydrogens is 1070 g/mol. The predicted molar refractivity (Wildman–Crippen MR) is 371 cm³/mol. The van der Waals surface area contributed by atoms with Crippen molar-refractivity contribution < 1.29 is 32.9 Å². The van der Waals surface area contributed by atoms with Gasteiger partial charge >= 0.3 is 0 Å². The Bertz CT molecular complexity index is 1900. The Labute approximate surface area is 525 Å². The summed E-state index contributed by atoms with van der Waals surface area (Å²) in [6, 6.07) is -0.917. The number of carbonyl (C=O) groups excluding carboxylic acids is 1. The van der Waals surface area contributed by atoms with Crippen molar-refractivity contribution >= 4 is 13.7 Å². The van der Waals surface area contributed by atoms with Crippen LogP contribution >= 0.6 is 7.82 Å². The lowest BCUT2D eigenvalue weighted by Gasteiger charge is -2.29. The molecule has 0 aliphatic carbocycles. The maximum Gasteiger partial charge on any atom is 0.268 e. The van der Waals surface area contributed by atoms with Crippen molar-refractivity contribution in [2.24, 2.45) is 0 Å². The first-order chi connectivity index (χ1) is 41.5. The summed E-state index contributed by atoms with van der Waals surface area (Å²) in [4.78, 5) is 25.6. The van der Waals surface area contributed by atoms with Gasteiger partial charge in [-0.3, -0.25) is 9.36 Å². The monoisotopic (exact) mass is 1200 g/mol. The number of hydrogen-bond acceptors (Lipinski definition) is 6. The number of nitrogens with zero attached hydrogens (tertiary/aromatic N) is 1. The number of carbonyl (C=O) groups is 1. The highest BCUT2D eigenvalue weighted by atomic mass is 31.2. The first-order valence-electron chi connectivity index (χ1n) is 34.7. The molecule has 0 aliphatic heterocycles. The van der Waals surface area contributed by atoms with Crippen molar-refractivity contribution in [2.75, 3.05) is 40.9 Å². The molecule has 486 valence electrons. The second-order valence-corrected chi connectivity index (χ2v) is 25.6. The Hall–Kier alpha value is -3.62. The molecule has 0 heterocycles. The summed E-state index contributed by atoms with van der Waals surface area (Å²) >= 11 is 0. The van der Waals surface area contributed by atoms with Gasteiger partial charge in [0.15, 0.2) is 0 Å². The van der Waals surface area contributed by atoms with Crippen molar-refractivity contribution in [1.29, 1.82) is 0 Å². The lowest BCUT2D eigenvalue weighted by molar-refractivity contribution is -0.870. The number of amides is 1. The van der Waals surface area contributed by atoms with Crippen LogP contribution in [0.2, 0.25) is 0 Å². The number of hydrogen-bond donors (Lipinski definition) is 2. The number of allylic oxidation sites excluding steroid dienone is 23. The Morgan fingerprint density at radius 1 is 0.424 bits per heavy atom. The van der Waals surface area contributed by atoms with E-state index < -0.39 is 26.6 Å². The molecule has 1 amide bonds. The van der Waals surface area contributed by atoms with Crippen molar-refractivity contribution in [1.82, 2.24) is 5.32 Å². The van der Waals surface area contributed by atoms with Crippen molar-refractivity contribution in [3.05, 3.63) is 146 Å². The maximum atomic E-state index is 13.0. The predicted octanol–water partition coefficient (Wildman–Crippen LogP) is 21.7. The third kappa shape index (κ3) is 67.7. The van der Waals surface area contributed by atoms with Crippen molar-refractivity contribution in [3.8, 4) is 0 Å². The standard InChI is InChI=1S/C76H131N2O6P/c1-6-8-10-12-14-16-18-20-22-24-26-28-30-32-34-35-36-37-38-39-40-41-42-43-44-46-48-50-52-54-56-58-60-62-64-66-68-70-76(80)77-74(73-84-85(81,82)83-72-71-78(3,4)5)75(79)69-67-65-63-61-59-57-55-53-51-49-47-45-33-31-29-27-25-23-21-19-17-15-13-11-9-7-2/h8,10,14,16,20,22,26,28,32,34,36-37,39-40,42-43,46,48,52,54,58,60,67,69,74-75,79H,6-7,9,11-13,15,17-19,21,23-25,27,29-31,33,35,38,41,44-45,47,49-51,53,55-57,59,61-66,68,70-73H2,1-5H3,(H-,77,80,81,82)/b10-8-,16-14-,22-20-,28-26-,34-32-,37-36-,40-39-,43-42-,48-46-,54-52-,60-58-,69-67+. The van der Waals surface area contributed by atoms with Crippen LogP contribution in [-0.4, -0.2) is 68.5 Å². The minimum Gasteiger partial charge on any atom is -0.756 e. The molecule has 0 bridgehead atoms. The molecule has 0 aromatic rings. The summed E-state index contributed by atoms with van der Waals surface area (Å²) in [5.74, 6) is -0.232. The molecule has 0 aliphatic rings. The van der Waals surface area contributed by atoms with E-state index in [1.165, 1.54) is 141 Å². The van der Waals surface area contributed by atoms with Gasteiger partial charge in [-0.05, 0) is 103 Å². The smallest absolute Gasteiger partial charge is 0.268 e. The molecule has 0 saturated heterocycles. The van der Waals surface area contributed by atoms with Gasteiger partial charge in [-0.1, -0.05) is 314 Å². The second kappa shape index (κ2) is 64.8. The van der Waals surface area contributed by atoms with E-state index in [-0.39, 0.29) is 12.5 Å². The Morgan fingerprint density at radius 3 is 1.05 bits per heavy atom. The Morgan fingerprint density at radius 2 is 0.718 bits per heavy atom. The van der Waals surface area contributed by atoms with Crippen molar-refractivity contribution in [2.45, 2.75) is 289 Å². The zero-order valence-corrected chi connectivity index (χ0v) is 56.4. The average Bonchev–Trinajstić information content (AvgIpc) is 3.49. The minimum atomic E-state index is -4.62. The van der Waals surface area contributed by atoms with Crippen LogP contribution < -0.4 is 10.2 Å². The summed E-state index contributed by atoms with van der Waals surface area (Å²) in [6.07, 6.45) is 99.6. The molecule has 0 radical (unpaired) electrons. The number of aliphatic hydroxyl groups excluding tert-OH is 1. The molecule has 8 nitrogen and oxygen atoms in total. The fourth-order valence-electron chi connectivity index (χ4n) is 9.45. The number of rotatable bonds is 62. The first-order valence-corrected chi connectivity index (χ1v) is 36.2. The normalized spacial score (nSPS) is 14.6. The van der Waals surface area contributed by atoms with Crippen molar-refractivity contribution in [3.63, 3.8) is 0 Å². The van der Waals surface area contributed by atoms with Crippen LogP contribution in [0.25, 0.3) is 0 Å². The number of aliphatic hydroxyl groups is 1. The summed E-state index contributed by atoms with van der Waals surface area (Å²) < 4.78 is 23.4. The van der Waals surface area contributed by atoms with Crippen LogP contribution in [0.4, 0.5) is 0 Å². The topological polar surface area (TPSA) is 108 Å². The van der Waals surface area contributed by atoms with E-state index in [2.05, 4.69) is 153 Å². The van der Waals surface area contributed by atoms with Crippen LogP contribution in [0, 0.1) is 0 Å². The van der Waals surface area contributed by atoms with E-state index in [1.54, 1.807) is 6.08 Å². The zero-order valence-electron chi connectivity index (χ0n) is 55.5. The summed E-state index contributed by atoms with van der Waals surface area (Å²) in [5, 5.41) is 13.9. The fraction of sp³-hybridized carbons (Fsp3) is 0.671. The lowest BCUT2D eigenvalue weighted by atomic mass is 10.0. The third-order valence-corrected chi connectivity index (χ3v) is 15.8. The summed E-state index contributed by atoms with van der Waals surface area (Å²) in [6.45, 7) is 4.52. The molecule has 0 aromatic heterocycles. The molecule has 0 aromatic carbocycles. The number of phosphoric acid groups is 1. The fourth-order valence-corrected chi connectivity index (χ4v) is 10.2. The first kappa shape index (κ1) is 81.4. The number of quaternary nitrogens is 1. The van der Waals surface area contributed by atoms with E-state index in [4.69, 9.17) is 9.05 Å². The maximum absolute atomic E-state index is 13.0. The van der Waals surface area contributed by atoms with Crippen LogP contribution in [0.1, 0.15) is 277 Å². The van der Waals surface area contributed by atoms with Gasteiger partial charge in [0.1, 0.15) is 13.2 Å². The number of unbranched alkanes of at least 4 members (excludes halogenated alkanes) is 27. The van der Waals surface area contributed by atoms with E-state index >= 15 is 0 Å². The number of nitrogens with one attached hydrogen (secondary N) is 1. The Balaban J connectivity index is 4.24. The molecule has 9 heteroatoms. The van der Waals surface area contributed by atoms with Gasteiger partial charge in [0, 0.05) is 6.42 Å². The SMILES string of the molecule is CC/C=C\C/C=C\C/C=C\C/C=C\C/C=C\C/C=C\C/C=C\C/C=C\C/C=C\C/C=C\C/C=C\CCCCCC(=O)NC(COP(=O)([O-])OCC[N+](C)(C)C)C(O)/C=C/CCCCCCCCCCCCCCCCCCCCCCCCCC. The van der Waals surface area contributed by atoms with Gasteiger partial charge in [0.2, 0.25) is 5.91 Å². The van der Waals surface area contributed by atoms with Crippen LogP contribution in [0.5, 0.6) is 0 Å². The molecular formula is C76H131N2O6P. The van der Waals surface area contributed by atoms with Crippen LogP contribution in [-0.2, 0) is 18.4 Å². The quantitative estimate of drug-likeness (QED) is 0.0272. The molecule has 0 saturated carbocycles. The Kier molecular flexibility index (Phi) is 62.1. The van der Waals surface area contributed by atoms with E-state index in [0.717, 1.165) is 109 Å². The van der Waals surface area contributed by atoms with E-state index in [0.29, 0.717) is 23.9 Å². The molecule has 3 unspecified atom stereocenters. The largest absolute Gasteiger partial charge is 0.756 e. The number of phosphoric ester groups is 1. The molecule has 0 spiro atoms. The van der Waals surface area contributed by atoms with Gasteiger partial charge in [0.25, 0.3) is 7.82 Å². The minimum absolute atomic E-state index is 0.0152. The van der Waals surface area contributed by atoms with Gasteiger partial charge in [-0.15, -0.1) is 0 Å². The summed E-state index contributed by atoms with van der Waals surface area (Å²) in [7, 11) is 1.22. The highest BCUT2D eigenvalue weighted by Gasteiger charge is 2.23. The molecule has 3 atom stereocenters. The van der Waals surface area contributed by atoms with Crippen LogP contribution in [0.3, 0.4) is 0 Å². The molecule has 85 heavy (non-hydrogen) atoms. The molecule has 0 rings (SSSR count). The lowest BCUT2D eigenvalue weighted by Crippen LogP contribution is -2.45. The zero-order chi connectivity index (χ0) is 61.9. The van der Waals surface area contributed by atoms with Gasteiger partial charge in [-0.25, -0.2) is 0 Å². The van der Waals surface area contributed by atoms with Crippen LogP contribution in [0.15, 0.2) is 146 Å². The molecule has 2 N–H and O–H groups in total. The van der Waals surface area contributed by atoms with E-state index in [1.807, 2.05) is 27.2 Å². The average molecular weight is 1200 g/mol. The van der Waals surface area contributed by atoms with Gasteiger partial charge < -0.3 is 28.8 Å². The highest BCUT2D eigenvalue weighted by Crippen LogP contribution is 2.38.